The van der Waals surface area contributed by atoms with Crippen LogP contribution in [0, 0.1) is 20.8 Å². The summed E-state index contributed by atoms with van der Waals surface area (Å²) in [6.07, 6.45) is 0. The Morgan fingerprint density at radius 2 is 1.86 bits per heavy atom. The highest BCUT2D eigenvalue weighted by Crippen LogP contribution is 2.35. The fourth-order valence-electron chi connectivity index (χ4n) is 3.00. The number of ether oxygens (including phenoxy) is 2. The number of carbonyl (C=O) groups excluding carboxylic acids is 1. The van der Waals surface area contributed by atoms with Crippen LogP contribution < -0.4 is 9.47 Å². The number of rotatable bonds is 7. The van der Waals surface area contributed by atoms with Crippen molar-refractivity contribution >= 4 is 39.2 Å². The molecule has 1 amide bonds. The number of aromatic nitrogens is 2. The normalized spacial score (nSPS) is 11.0. The molecule has 1 aromatic carbocycles. The van der Waals surface area contributed by atoms with E-state index in [4.69, 9.17) is 9.47 Å². The lowest BCUT2D eigenvalue weighted by Crippen LogP contribution is -2.27. The van der Waals surface area contributed by atoms with E-state index in [0.29, 0.717) is 23.8 Å². The molecular weight excluding hydrogens is 406 g/mol. The van der Waals surface area contributed by atoms with Gasteiger partial charge in [0.1, 0.15) is 15.7 Å². The van der Waals surface area contributed by atoms with Gasteiger partial charge in [0.2, 0.25) is 5.91 Å². The summed E-state index contributed by atoms with van der Waals surface area (Å²) in [5, 5.41) is 1.95. The maximum absolute atomic E-state index is 12.7. The van der Waals surface area contributed by atoms with E-state index in [1.165, 1.54) is 22.2 Å². The minimum Gasteiger partial charge on any atom is -0.493 e. The maximum atomic E-state index is 12.7. The second-order valence-electron chi connectivity index (χ2n) is 6.77. The van der Waals surface area contributed by atoms with E-state index in [1.807, 2.05) is 25.1 Å². The van der Waals surface area contributed by atoms with E-state index < -0.39 is 0 Å². The van der Waals surface area contributed by atoms with E-state index in [0.717, 1.165) is 26.6 Å². The molecular formula is C21H25N3O3S2. The maximum Gasteiger partial charge on any atom is 0.233 e. The van der Waals surface area contributed by atoms with E-state index >= 15 is 0 Å². The number of benzene rings is 1. The summed E-state index contributed by atoms with van der Waals surface area (Å²) in [4.78, 5) is 25.8. The Morgan fingerprint density at radius 1 is 1.14 bits per heavy atom. The molecule has 3 aromatic rings. The first kappa shape index (κ1) is 21.4. The summed E-state index contributed by atoms with van der Waals surface area (Å²) in [6.45, 7) is 6.56. The molecule has 0 fully saturated rings. The highest BCUT2D eigenvalue weighted by atomic mass is 32.2. The molecule has 0 unspecified atom stereocenters. The van der Waals surface area contributed by atoms with Crippen LogP contribution in [0.5, 0.6) is 11.5 Å². The average molecular weight is 432 g/mol. The van der Waals surface area contributed by atoms with Crippen LogP contribution in [0.3, 0.4) is 0 Å². The number of hydrogen-bond donors (Lipinski definition) is 0. The summed E-state index contributed by atoms with van der Waals surface area (Å²) >= 11 is 3.15. The van der Waals surface area contributed by atoms with Crippen molar-refractivity contribution in [1.82, 2.24) is 14.9 Å². The second-order valence-corrected chi connectivity index (χ2v) is 8.93. The second kappa shape index (κ2) is 9.00. The molecule has 0 aliphatic heterocycles. The molecule has 2 heterocycles. The number of fused-ring (bicyclic) bond motifs is 1. The van der Waals surface area contributed by atoms with Crippen LogP contribution in [0.25, 0.3) is 10.2 Å². The number of nitrogens with zero attached hydrogens (tertiary/aromatic N) is 3. The highest BCUT2D eigenvalue weighted by molar-refractivity contribution is 8.00. The van der Waals surface area contributed by atoms with Crippen LogP contribution in [0.15, 0.2) is 23.2 Å². The van der Waals surface area contributed by atoms with Gasteiger partial charge in [-0.05, 0) is 44.0 Å². The number of methoxy groups -OCH3 is 2. The molecule has 0 saturated carbocycles. The number of thiophene rings is 1. The summed E-state index contributed by atoms with van der Waals surface area (Å²) in [6, 6.07) is 5.68. The van der Waals surface area contributed by atoms with Crippen LogP contribution in [-0.2, 0) is 11.3 Å². The zero-order valence-corrected chi connectivity index (χ0v) is 19.2. The molecule has 0 bridgehead atoms. The van der Waals surface area contributed by atoms with Crippen LogP contribution in [-0.4, -0.2) is 47.8 Å². The zero-order valence-electron chi connectivity index (χ0n) is 17.5. The van der Waals surface area contributed by atoms with Gasteiger partial charge in [0.25, 0.3) is 0 Å². The smallest absolute Gasteiger partial charge is 0.233 e. The Hall–Kier alpha value is -2.32. The van der Waals surface area contributed by atoms with Gasteiger partial charge in [-0.2, -0.15) is 0 Å². The van der Waals surface area contributed by atoms with Crippen molar-refractivity contribution < 1.29 is 14.3 Å². The fourth-order valence-corrected chi connectivity index (χ4v) is 5.21. The lowest BCUT2D eigenvalue weighted by molar-refractivity contribution is -0.127. The van der Waals surface area contributed by atoms with Gasteiger partial charge in [-0.15, -0.1) is 11.3 Å². The van der Waals surface area contributed by atoms with Crippen LogP contribution in [0.2, 0.25) is 0 Å². The molecule has 8 heteroatoms. The fraction of sp³-hybridized carbons (Fsp3) is 0.381. The van der Waals surface area contributed by atoms with Gasteiger partial charge in [0, 0.05) is 23.9 Å². The highest BCUT2D eigenvalue weighted by Gasteiger charge is 2.17. The molecule has 0 atom stereocenters. The first-order chi connectivity index (χ1) is 13.8. The molecule has 0 N–H and O–H groups in total. The van der Waals surface area contributed by atoms with Gasteiger partial charge < -0.3 is 14.4 Å². The molecule has 0 aliphatic rings. The predicted molar refractivity (Wildman–Crippen MR) is 118 cm³/mol. The van der Waals surface area contributed by atoms with Gasteiger partial charge in [0.05, 0.1) is 20.0 Å². The third-order valence-electron chi connectivity index (χ3n) is 4.73. The standard InChI is InChI=1S/C21H25N3O3S2/c1-12-13(2)29-21-19(12)20(22-14(3)23-21)28-11-18(25)24(4)10-15-7-8-16(26-5)17(9-15)27-6/h7-9H,10-11H2,1-6H3. The Labute approximate surface area is 179 Å². The van der Waals surface area contributed by atoms with Crippen LogP contribution in [0.1, 0.15) is 21.8 Å². The molecule has 0 radical (unpaired) electrons. The van der Waals surface area contributed by atoms with Crippen molar-refractivity contribution in [1.29, 1.82) is 0 Å². The van der Waals surface area contributed by atoms with Gasteiger partial charge in [-0.25, -0.2) is 9.97 Å². The van der Waals surface area contributed by atoms with E-state index in [9.17, 15) is 4.79 Å². The molecule has 0 spiro atoms. The van der Waals surface area contributed by atoms with Crippen molar-refractivity contribution in [2.24, 2.45) is 0 Å². The van der Waals surface area contributed by atoms with Gasteiger partial charge >= 0.3 is 0 Å². The van der Waals surface area contributed by atoms with Crippen molar-refractivity contribution in [3.05, 3.63) is 40.0 Å². The number of aryl methyl sites for hydroxylation is 3. The Kier molecular flexibility index (Phi) is 6.64. The van der Waals surface area contributed by atoms with Crippen LogP contribution >= 0.6 is 23.1 Å². The van der Waals surface area contributed by atoms with Gasteiger partial charge in [-0.3, -0.25) is 4.79 Å². The molecule has 0 aliphatic carbocycles. The quantitative estimate of drug-likeness (QED) is 0.408. The minimum absolute atomic E-state index is 0.0406. The summed E-state index contributed by atoms with van der Waals surface area (Å²) < 4.78 is 10.6. The lowest BCUT2D eigenvalue weighted by Gasteiger charge is -2.18. The van der Waals surface area contributed by atoms with Crippen molar-refractivity contribution in [3.8, 4) is 11.5 Å². The largest absolute Gasteiger partial charge is 0.493 e. The van der Waals surface area contributed by atoms with E-state index in [1.54, 1.807) is 37.5 Å². The molecule has 6 nitrogen and oxygen atoms in total. The summed E-state index contributed by atoms with van der Waals surface area (Å²) in [5.41, 5.74) is 2.17. The first-order valence-electron chi connectivity index (χ1n) is 9.16. The van der Waals surface area contributed by atoms with E-state index in [2.05, 4.69) is 23.8 Å². The lowest BCUT2D eigenvalue weighted by atomic mass is 10.2. The average Bonchev–Trinajstić information content (AvgIpc) is 2.98. The zero-order chi connectivity index (χ0) is 21.1. The van der Waals surface area contributed by atoms with E-state index in [-0.39, 0.29) is 5.91 Å². The van der Waals surface area contributed by atoms with Crippen molar-refractivity contribution in [3.63, 3.8) is 0 Å². The Bertz CT molecular complexity index is 1050. The van der Waals surface area contributed by atoms with Gasteiger partial charge in [-0.1, -0.05) is 17.8 Å². The third kappa shape index (κ3) is 4.64. The SMILES string of the molecule is COc1ccc(CN(C)C(=O)CSc2nc(C)nc3sc(C)c(C)c23)cc1OC. The molecule has 2 aromatic heterocycles. The summed E-state index contributed by atoms with van der Waals surface area (Å²) in [5.74, 6) is 2.42. The Morgan fingerprint density at radius 3 is 2.55 bits per heavy atom. The van der Waals surface area contributed by atoms with Crippen LogP contribution in [0.4, 0.5) is 0 Å². The number of thioether (sulfide) groups is 1. The molecule has 0 saturated heterocycles. The van der Waals surface area contributed by atoms with Crippen molar-refractivity contribution in [2.45, 2.75) is 32.3 Å². The number of hydrogen-bond acceptors (Lipinski definition) is 7. The first-order valence-corrected chi connectivity index (χ1v) is 11.0. The molecule has 29 heavy (non-hydrogen) atoms. The number of amides is 1. The Balaban J connectivity index is 1.70. The summed E-state index contributed by atoms with van der Waals surface area (Å²) in [7, 11) is 5.01. The number of carbonyl (C=O) groups is 1. The topological polar surface area (TPSA) is 64.5 Å². The van der Waals surface area contributed by atoms with Crippen molar-refractivity contribution in [2.75, 3.05) is 27.0 Å². The molecule has 3 rings (SSSR count). The third-order valence-corrected chi connectivity index (χ3v) is 6.79. The minimum atomic E-state index is 0.0406. The van der Waals surface area contributed by atoms with Gasteiger partial charge in [0.15, 0.2) is 11.5 Å². The monoisotopic (exact) mass is 431 g/mol. The molecule has 154 valence electrons. The predicted octanol–water partition coefficient (Wildman–Crippen LogP) is 4.38.